The molecule has 1 heterocycles. The van der Waals surface area contributed by atoms with E-state index in [9.17, 15) is 29.4 Å². The predicted octanol–water partition coefficient (Wildman–Crippen LogP) is -2.09. The summed E-state index contributed by atoms with van der Waals surface area (Å²) in [5.41, 5.74) is 11.1. The van der Waals surface area contributed by atoms with Crippen LogP contribution in [0.5, 0.6) is 5.75 Å². The fourth-order valence-electron chi connectivity index (χ4n) is 3.55. The number of guanidine groups is 1. The Hall–Kier alpha value is -3.87. The quantitative estimate of drug-likeness (QED) is 0.0859. The Morgan fingerprint density at radius 1 is 1.11 bits per heavy atom. The number of phenols is 1. The van der Waals surface area contributed by atoms with Crippen LogP contribution in [0.4, 0.5) is 0 Å². The highest BCUT2D eigenvalue weighted by molar-refractivity contribution is 5.92. The molecule has 0 saturated carbocycles. The minimum absolute atomic E-state index is 0.0666. The molecule has 1 fully saturated rings. The topological polar surface area (TPSA) is 221 Å². The van der Waals surface area contributed by atoms with Gasteiger partial charge in [0.15, 0.2) is 5.96 Å². The summed E-state index contributed by atoms with van der Waals surface area (Å²) in [5, 5.41) is 29.4. The summed E-state index contributed by atoms with van der Waals surface area (Å²) in [6.45, 7) is 0.455. The molecule has 0 bridgehead atoms. The van der Waals surface area contributed by atoms with Gasteiger partial charge < -0.3 is 42.9 Å². The van der Waals surface area contributed by atoms with Crippen molar-refractivity contribution in [3.05, 3.63) is 29.8 Å². The second kappa shape index (κ2) is 13.7. The molecule has 35 heavy (non-hydrogen) atoms. The number of phenolic OH excluding ortho intramolecular Hbond substituents is 1. The average molecular weight is 492 g/mol. The van der Waals surface area contributed by atoms with Crippen molar-refractivity contribution >= 4 is 29.7 Å². The SMILES string of the molecule is NC(N)=NCCCC(NC(=O)CNC(=O)C(Cc1ccc(O)cc1)NC(=O)C1CCCN1)C(=O)O. The molecule has 2 rings (SSSR count). The van der Waals surface area contributed by atoms with Crippen molar-refractivity contribution in [3.8, 4) is 5.75 Å². The molecule has 3 unspecified atom stereocenters. The van der Waals surface area contributed by atoms with Gasteiger partial charge in [-0.1, -0.05) is 12.1 Å². The molecule has 0 aromatic heterocycles. The number of rotatable bonds is 13. The van der Waals surface area contributed by atoms with Gasteiger partial charge in [0.25, 0.3) is 0 Å². The Labute approximate surface area is 202 Å². The lowest BCUT2D eigenvalue weighted by Gasteiger charge is -2.21. The maximum atomic E-state index is 12.8. The van der Waals surface area contributed by atoms with Gasteiger partial charge in [-0.3, -0.25) is 19.4 Å². The highest BCUT2D eigenvalue weighted by atomic mass is 16.4. The minimum Gasteiger partial charge on any atom is -0.508 e. The van der Waals surface area contributed by atoms with Crippen LogP contribution in [0.15, 0.2) is 29.3 Å². The number of carboxylic acids is 1. The number of nitrogens with zero attached hydrogens (tertiary/aromatic N) is 1. The molecule has 1 aliphatic heterocycles. The number of nitrogens with two attached hydrogens (primary N) is 2. The molecular formula is C22H33N7O6. The molecule has 3 atom stereocenters. The van der Waals surface area contributed by atoms with E-state index in [-0.39, 0.29) is 37.0 Å². The summed E-state index contributed by atoms with van der Waals surface area (Å²) in [5.74, 6) is -2.88. The van der Waals surface area contributed by atoms with Gasteiger partial charge in [0.1, 0.15) is 17.8 Å². The first kappa shape index (κ1) is 27.4. The first-order chi connectivity index (χ1) is 16.7. The number of carbonyl (C=O) groups excluding carboxylic acids is 3. The van der Waals surface area contributed by atoms with Crippen LogP contribution in [0.3, 0.4) is 0 Å². The van der Waals surface area contributed by atoms with Crippen molar-refractivity contribution in [3.63, 3.8) is 0 Å². The number of benzene rings is 1. The molecule has 13 heteroatoms. The van der Waals surface area contributed by atoms with Crippen LogP contribution in [0.25, 0.3) is 0 Å². The van der Waals surface area contributed by atoms with Gasteiger partial charge in [-0.25, -0.2) is 4.79 Å². The van der Waals surface area contributed by atoms with E-state index < -0.39 is 42.5 Å². The van der Waals surface area contributed by atoms with E-state index in [4.69, 9.17) is 11.5 Å². The largest absolute Gasteiger partial charge is 0.508 e. The van der Waals surface area contributed by atoms with Crippen LogP contribution in [-0.2, 0) is 25.6 Å². The standard InChI is InChI=1S/C22H33N7O6/c23-22(24)26-10-2-4-16(21(34)35)28-18(31)12-27-19(32)17(11-13-5-7-14(30)8-6-13)29-20(33)15-3-1-9-25-15/h5-8,15-17,25,30H,1-4,9-12H2,(H,27,32)(H,28,31)(H,29,33)(H,34,35)(H4,23,24,26). The van der Waals surface area contributed by atoms with Gasteiger partial charge in [0.2, 0.25) is 17.7 Å². The van der Waals surface area contributed by atoms with Crippen LogP contribution in [-0.4, -0.2) is 77.6 Å². The van der Waals surface area contributed by atoms with Crippen LogP contribution < -0.4 is 32.7 Å². The monoisotopic (exact) mass is 491 g/mol. The maximum absolute atomic E-state index is 12.8. The Balaban J connectivity index is 1.94. The number of carboxylic acid groups (broad SMARTS) is 1. The van der Waals surface area contributed by atoms with Crippen molar-refractivity contribution in [2.24, 2.45) is 16.5 Å². The van der Waals surface area contributed by atoms with Crippen molar-refractivity contribution in [1.29, 1.82) is 0 Å². The van der Waals surface area contributed by atoms with Crippen molar-refractivity contribution in [2.45, 2.75) is 50.2 Å². The lowest BCUT2D eigenvalue weighted by molar-refractivity contribution is -0.142. The number of amides is 3. The number of aromatic hydroxyl groups is 1. The summed E-state index contributed by atoms with van der Waals surface area (Å²) in [6, 6.07) is 3.65. The number of nitrogens with one attached hydrogen (secondary N) is 4. The van der Waals surface area contributed by atoms with Gasteiger partial charge >= 0.3 is 5.97 Å². The van der Waals surface area contributed by atoms with E-state index in [0.717, 1.165) is 6.42 Å². The van der Waals surface area contributed by atoms with Gasteiger partial charge in [-0.15, -0.1) is 0 Å². The van der Waals surface area contributed by atoms with E-state index in [2.05, 4.69) is 26.3 Å². The molecule has 0 radical (unpaired) electrons. The molecule has 1 aromatic rings. The number of carbonyl (C=O) groups is 4. The first-order valence-electron chi connectivity index (χ1n) is 11.3. The predicted molar refractivity (Wildman–Crippen MR) is 127 cm³/mol. The van der Waals surface area contributed by atoms with Crippen LogP contribution >= 0.6 is 0 Å². The summed E-state index contributed by atoms with van der Waals surface area (Å²) in [7, 11) is 0. The Kier molecular flexibility index (Phi) is 10.8. The third-order valence-corrected chi connectivity index (χ3v) is 5.39. The second-order valence-electron chi connectivity index (χ2n) is 8.21. The second-order valence-corrected chi connectivity index (χ2v) is 8.21. The highest BCUT2D eigenvalue weighted by Crippen LogP contribution is 2.12. The van der Waals surface area contributed by atoms with Crippen molar-refractivity contribution in [2.75, 3.05) is 19.6 Å². The van der Waals surface area contributed by atoms with E-state index in [1.807, 2.05) is 0 Å². The normalized spacial score (nSPS) is 16.5. The Bertz CT molecular complexity index is 911. The molecular weight excluding hydrogens is 458 g/mol. The molecule has 1 aromatic carbocycles. The summed E-state index contributed by atoms with van der Waals surface area (Å²) < 4.78 is 0. The van der Waals surface area contributed by atoms with Crippen molar-refractivity contribution < 1.29 is 29.4 Å². The lowest BCUT2D eigenvalue weighted by atomic mass is 10.0. The Morgan fingerprint density at radius 3 is 2.43 bits per heavy atom. The van der Waals surface area contributed by atoms with E-state index in [1.54, 1.807) is 12.1 Å². The van der Waals surface area contributed by atoms with Gasteiger partial charge in [-0.05, 0) is 49.9 Å². The molecule has 13 nitrogen and oxygen atoms in total. The highest BCUT2D eigenvalue weighted by Gasteiger charge is 2.28. The molecule has 3 amide bonds. The zero-order valence-electron chi connectivity index (χ0n) is 19.3. The van der Waals surface area contributed by atoms with Gasteiger partial charge in [-0.2, -0.15) is 0 Å². The van der Waals surface area contributed by atoms with Crippen LogP contribution in [0.1, 0.15) is 31.2 Å². The summed E-state index contributed by atoms with van der Waals surface area (Å²) >= 11 is 0. The van der Waals surface area contributed by atoms with E-state index in [1.165, 1.54) is 12.1 Å². The lowest BCUT2D eigenvalue weighted by Crippen LogP contribution is -2.54. The molecule has 0 aliphatic carbocycles. The zero-order valence-corrected chi connectivity index (χ0v) is 19.3. The fraction of sp³-hybridized carbons (Fsp3) is 0.500. The zero-order chi connectivity index (χ0) is 25.8. The van der Waals surface area contributed by atoms with Gasteiger partial charge in [0.05, 0.1) is 12.6 Å². The van der Waals surface area contributed by atoms with Crippen LogP contribution in [0, 0.1) is 0 Å². The minimum atomic E-state index is -1.23. The maximum Gasteiger partial charge on any atom is 0.326 e. The Morgan fingerprint density at radius 2 is 1.83 bits per heavy atom. The summed E-state index contributed by atoms with van der Waals surface area (Å²) in [6.07, 6.45) is 2.07. The van der Waals surface area contributed by atoms with E-state index in [0.29, 0.717) is 24.9 Å². The molecule has 10 N–H and O–H groups in total. The average Bonchev–Trinajstić information content (AvgIpc) is 3.35. The van der Waals surface area contributed by atoms with Crippen molar-refractivity contribution in [1.82, 2.24) is 21.3 Å². The summed E-state index contributed by atoms with van der Waals surface area (Å²) in [4.78, 5) is 52.9. The third-order valence-electron chi connectivity index (χ3n) is 5.39. The smallest absolute Gasteiger partial charge is 0.326 e. The number of hydrogen-bond acceptors (Lipinski definition) is 7. The van der Waals surface area contributed by atoms with E-state index >= 15 is 0 Å². The van der Waals surface area contributed by atoms with Crippen LogP contribution in [0.2, 0.25) is 0 Å². The molecule has 0 spiro atoms. The number of aliphatic imine (C=N–C) groups is 1. The third kappa shape index (κ3) is 9.88. The molecule has 1 saturated heterocycles. The first-order valence-corrected chi connectivity index (χ1v) is 11.3. The number of hydrogen-bond donors (Lipinski definition) is 8. The van der Waals surface area contributed by atoms with Gasteiger partial charge in [0, 0.05) is 13.0 Å². The number of aliphatic carboxylic acids is 1. The molecule has 192 valence electrons. The fourth-order valence-corrected chi connectivity index (χ4v) is 3.55. The molecule has 1 aliphatic rings.